The van der Waals surface area contributed by atoms with Crippen molar-refractivity contribution in [2.75, 3.05) is 18.6 Å². The molecule has 1 amide bonds. The van der Waals surface area contributed by atoms with Crippen LogP contribution in [-0.2, 0) is 0 Å². The first-order valence-electron chi connectivity index (χ1n) is 7.17. The summed E-state index contributed by atoms with van der Waals surface area (Å²) in [6, 6.07) is 2.61. The standard InChI is InChI=1S/C15H24N2O2S/c1-10-8-14(11(2)17(10)13-4-5-13)15(19)16-12(6-7-18)9-20-3/h8,12-13,18H,4-7,9H2,1-3H3,(H,16,19). The smallest absolute Gasteiger partial charge is 0.253 e. The van der Waals surface area contributed by atoms with Gasteiger partial charge in [0.2, 0.25) is 0 Å². The fraction of sp³-hybridized carbons (Fsp3) is 0.667. The number of nitrogens with zero attached hydrogens (tertiary/aromatic N) is 1. The third kappa shape index (κ3) is 3.38. The van der Waals surface area contributed by atoms with Crippen LogP contribution in [0.15, 0.2) is 6.07 Å². The van der Waals surface area contributed by atoms with Gasteiger partial charge >= 0.3 is 0 Å². The number of amides is 1. The van der Waals surface area contributed by atoms with Crippen molar-refractivity contribution in [1.82, 2.24) is 9.88 Å². The SMILES string of the molecule is CSCC(CCO)NC(=O)c1cc(C)n(C2CC2)c1C. The second kappa shape index (κ2) is 6.68. The molecule has 2 rings (SSSR count). The van der Waals surface area contributed by atoms with Crippen LogP contribution in [0.3, 0.4) is 0 Å². The molecule has 0 aliphatic heterocycles. The minimum atomic E-state index is -0.0162. The molecule has 20 heavy (non-hydrogen) atoms. The monoisotopic (exact) mass is 296 g/mol. The van der Waals surface area contributed by atoms with Gasteiger partial charge in [-0.05, 0) is 45.4 Å². The van der Waals surface area contributed by atoms with E-state index in [1.807, 2.05) is 19.2 Å². The topological polar surface area (TPSA) is 54.3 Å². The maximum atomic E-state index is 12.4. The first kappa shape index (κ1) is 15.4. The van der Waals surface area contributed by atoms with Crippen molar-refractivity contribution in [3.63, 3.8) is 0 Å². The molecular weight excluding hydrogens is 272 g/mol. The van der Waals surface area contributed by atoms with Gasteiger partial charge in [-0.1, -0.05) is 0 Å². The number of aliphatic hydroxyl groups is 1. The Balaban J connectivity index is 2.10. The first-order chi connectivity index (χ1) is 9.58. The zero-order valence-corrected chi connectivity index (χ0v) is 13.3. The van der Waals surface area contributed by atoms with E-state index in [0.717, 1.165) is 17.0 Å². The van der Waals surface area contributed by atoms with Gasteiger partial charge in [0.15, 0.2) is 0 Å². The molecule has 1 unspecified atom stereocenters. The summed E-state index contributed by atoms with van der Waals surface area (Å²) in [6.07, 6.45) is 5.05. The van der Waals surface area contributed by atoms with Gasteiger partial charge in [-0.15, -0.1) is 0 Å². The Morgan fingerprint density at radius 1 is 1.55 bits per heavy atom. The number of hydrogen-bond acceptors (Lipinski definition) is 3. The number of hydrogen-bond donors (Lipinski definition) is 2. The van der Waals surface area contributed by atoms with E-state index in [1.165, 1.54) is 18.5 Å². The summed E-state index contributed by atoms with van der Waals surface area (Å²) in [6.45, 7) is 4.19. The second-order valence-corrected chi connectivity index (χ2v) is 6.43. The fourth-order valence-corrected chi connectivity index (χ4v) is 3.37. The number of rotatable bonds is 7. The van der Waals surface area contributed by atoms with Gasteiger partial charge in [-0.3, -0.25) is 4.79 Å². The van der Waals surface area contributed by atoms with Crippen molar-refractivity contribution in [1.29, 1.82) is 0 Å². The van der Waals surface area contributed by atoms with Crippen LogP contribution in [0.4, 0.5) is 0 Å². The van der Waals surface area contributed by atoms with E-state index >= 15 is 0 Å². The van der Waals surface area contributed by atoms with Crippen LogP contribution in [0.1, 0.15) is 47.1 Å². The van der Waals surface area contributed by atoms with Gasteiger partial charge in [-0.25, -0.2) is 0 Å². The predicted octanol–water partition coefficient (Wildman–Crippen LogP) is 2.28. The zero-order chi connectivity index (χ0) is 14.7. The van der Waals surface area contributed by atoms with Crippen LogP contribution in [-0.4, -0.2) is 40.2 Å². The van der Waals surface area contributed by atoms with Gasteiger partial charge in [0.1, 0.15) is 0 Å². The van der Waals surface area contributed by atoms with Gasteiger partial charge < -0.3 is 15.0 Å². The molecule has 1 atom stereocenters. The fourth-order valence-electron chi connectivity index (χ4n) is 2.72. The van der Waals surface area contributed by atoms with Crippen LogP contribution in [0.5, 0.6) is 0 Å². The largest absolute Gasteiger partial charge is 0.396 e. The first-order valence-corrected chi connectivity index (χ1v) is 8.57. The van der Waals surface area contributed by atoms with Gasteiger partial charge in [0.05, 0.1) is 5.56 Å². The maximum Gasteiger partial charge on any atom is 0.253 e. The Labute approximate surface area is 124 Å². The van der Waals surface area contributed by atoms with Crippen molar-refractivity contribution in [2.24, 2.45) is 0 Å². The molecule has 1 aliphatic rings. The summed E-state index contributed by atoms with van der Waals surface area (Å²) in [5.41, 5.74) is 3.01. The number of thioether (sulfide) groups is 1. The molecule has 1 saturated carbocycles. The molecule has 1 fully saturated rings. The Hall–Kier alpha value is -0.940. The molecule has 0 spiro atoms. The Morgan fingerprint density at radius 3 is 2.80 bits per heavy atom. The van der Waals surface area contributed by atoms with E-state index in [0.29, 0.717) is 12.5 Å². The highest BCUT2D eigenvalue weighted by Gasteiger charge is 2.28. The number of carbonyl (C=O) groups is 1. The second-order valence-electron chi connectivity index (χ2n) is 5.52. The van der Waals surface area contributed by atoms with Crippen LogP contribution >= 0.6 is 11.8 Å². The Morgan fingerprint density at radius 2 is 2.25 bits per heavy atom. The lowest BCUT2D eigenvalue weighted by Gasteiger charge is -2.16. The maximum absolute atomic E-state index is 12.4. The molecule has 112 valence electrons. The zero-order valence-electron chi connectivity index (χ0n) is 12.5. The van der Waals surface area contributed by atoms with Gasteiger partial charge in [0, 0.05) is 35.8 Å². The highest BCUT2D eigenvalue weighted by Crippen LogP contribution is 2.38. The van der Waals surface area contributed by atoms with Crippen LogP contribution in [0.25, 0.3) is 0 Å². The molecule has 1 aliphatic carbocycles. The van der Waals surface area contributed by atoms with E-state index in [9.17, 15) is 4.79 Å². The third-order valence-corrected chi connectivity index (χ3v) is 4.56. The molecular formula is C15H24N2O2S. The molecule has 1 heterocycles. The van der Waals surface area contributed by atoms with Crippen molar-refractivity contribution in [3.8, 4) is 0 Å². The summed E-state index contributed by atoms with van der Waals surface area (Å²) in [7, 11) is 0. The number of aliphatic hydroxyl groups excluding tert-OH is 1. The van der Waals surface area contributed by atoms with Crippen LogP contribution in [0.2, 0.25) is 0 Å². The lowest BCUT2D eigenvalue weighted by Crippen LogP contribution is -2.37. The minimum absolute atomic E-state index is 0.0162. The van der Waals surface area contributed by atoms with Crippen LogP contribution in [0, 0.1) is 13.8 Å². The molecule has 1 aromatic rings. The third-order valence-electron chi connectivity index (χ3n) is 3.82. The molecule has 4 nitrogen and oxygen atoms in total. The average molecular weight is 296 g/mol. The van der Waals surface area contributed by atoms with Crippen molar-refractivity contribution >= 4 is 17.7 Å². The molecule has 0 saturated heterocycles. The van der Waals surface area contributed by atoms with E-state index in [2.05, 4.69) is 16.8 Å². The normalized spacial score (nSPS) is 16.2. The quantitative estimate of drug-likeness (QED) is 0.811. The van der Waals surface area contributed by atoms with Crippen LogP contribution < -0.4 is 5.32 Å². The molecule has 0 radical (unpaired) electrons. The molecule has 0 aromatic carbocycles. The van der Waals surface area contributed by atoms with Crippen molar-refractivity contribution < 1.29 is 9.90 Å². The molecule has 2 N–H and O–H groups in total. The molecule has 0 bridgehead atoms. The highest BCUT2D eigenvalue weighted by molar-refractivity contribution is 7.98. The van der Waals surface area contributed by atoms with Gasteiger partial charge in [-0.2, -0.15) is 11.8 Å². The average Bonchev–Trinajstić information content (AvgIpc) is 3.16. The summed E-state index contributed by atoms with van der Waals surface area (Å²) < 4.78 is 2.28. The summed E-state index contributed by atoms with van der Waals surface area (Å²) in [4.78, 5) is 12.4. The highest BCUT2D eigenvalue weighted by atomic mass is 32.2. The molecule has 5 heteroatoms. The van der Waals surface area contributed by atoms with Crippen molar-refractivity contribution in [2.45, 2.75) is 45.2 Å². The summed E-state index contributed by atoms with van der Waals surface area (Å²) in [5.74, 6) is 0.811. The Bertz CT molecular complexity index is 474. The lowest BCUT2D eigenvalue weighted by atomic mass is 10.2. The minimum Gasteiger partial charge on any atom is -0.396 e. The number of nitrogens with one attached hydrogen (secondary N) is 1. The lowest BCUT2D eigenvalue weighted by molar-refractivity contribution is 0.0934. The number of carbonyl (C=O) groups excluding carboxylic acids is 1. The van der Waals surface area contributed by atoms with Gasteiger partial charge in [0.25, 0.3) is 5.91 Å². The number of aromatic nitrogens is 1. The van der Waals surface area contributed by atoms with E-state index in [1.54, 1.807) is 11.8 Å². The Kier molecular flexibility index (Phi) is 5.16. The van der Waals surface area contributed by atoms with Crippen molar-refractivity contribution in [3.05, 3.63) is 23.0 Å². The molecule has 1 aromatic heterocycles. The predicted molar refractivity (Wildman–Crippen MR) is 83.5 cm³/mol. The van der Waals surface area contributed by atoms with E-state index < -0.39 is 0 Å². The number of aryl methyl sites for hydroxylation is 1. The van der Waals surface area contributed by atoms with E-state index in [-0.39, 0.29) is 18.6 Å². The summed E-state index contributed by atoms with van der Waals surface area (Å²) in [5, 5.41) is 12.1. The van der Waals surface area contributed by atoms with E-state index in [4.69, 9.17) is 5.11 Å². The summed E-state index contributed by atoms with van der Waals surface area (Å²) >= 11 is 1.68.